The van der Waals surface area contributed by atoms with Gasteiger partial charge in [-0.25, -0.2) is 4.99 Å². The molecule has 1 aromatic carbocycles. The second kappa shape index (κ2) is 8.55. The predicted octanol–water partition coefficient (Wildman–Crippen LogP) is 3.15. The van der Waals surface area contributed by atoms with E-state index in [0.29, 0.717) is 12.5 Å². The summed E-state index contributed by atoms with van der Waals surface area (Å²) < 4.78 is 34.4. The Bertz CT molecular complexity index is 529. The van der Waals surface area contributed by atoms with Crippen molar-refractivity contribution in [3.05, 3.63) is 23.8 Å². The maximum absolute atomic E-state index is 12.4. The molecule has 0 heterocycles. The summed E-state index contributed by atoms with van der Waals surface area (Å²) >= 11 is 0. The Morgan fingerprint density at radius 2 is 1.96 bits per heavy atom. The lowest BCUT2D eigenvalue weighted by molar-refractivity contribution is -0.0512. The van der Waals surface area contributed by atoms with Crippen molar-refractivity contribution < 1.29 is 18.3 Å². The average molecular weight is 329 g/mol. The molecule has 0 aliphatic carbocycles. The average Bonchev–Trinajstić information content (AvgIpc) is 2.43. The standard InChI is InChI=1S/C16H25F2N3O2/c1-6-19-15(21-16(2,3)4)20-10-11-7-8-12(22-5)13(9-11)23-14(17)18/h7-9,14H,6,10H2,1-5H3,(H2,19,20,21). The molecule has 0 atom stereocenters. The van der Waals surface area contributed by atoms with Crippen LogP contribution in [0.4, 0.5) is 8.78 Å². The van der Waals surface area contributed by atoms with E-state index in [9.17, 15) is 8.78 Å². The summed E-state index contributed by atoms with van der Waals surface area (Å²) in [6.07, 6.45) is 0. The molecule has 1 aromatic rings. The Balaban J connectivity index is 2.91. The fourth-order valence-electron chi connectivity index (χ4n) is 1.84. The van der Waals surface area contributed by atoms with Crippen LogP contribution in [0.3, 0.4) is 0 Å². The highest BCUT2D eigenvalue weighted by atomic mass is 19.3. The molecule has 0 unspecified atom stereocenters. The summed E-state index contributed by atoms with van der Waals surface area (Å²) in [5, 5.41) is 6.40. The summed E-state index contributed by atoms with van der Waals surface area (Å²) in [4.78, 5) is 4.46. The van der Waals surface area contributed by atoms with Crippen LogP contribution in [0.1, 0.15) is 33.3 Å². The SMILES string of the molecule is CCNC(=NCc1ccc(OC)c(OC(F)F)c1)NC(C)(C)C. The molecule has 5 nitrogen and oxygen atoms in total. The Labute approximate surface area is 136 Å². The van der Waals surface area contributed by atoms with Crippen LogP contribution in [0.15, 0.2) is 23.2 Å². The van der Waals surface area contributed by atoms with Gasteiger partial charge in [-0.1, -0.05) is 6.07 Å². The molecule has 0 spiro atoms. The zero-order valence-electron chi connectivity index (χ0n) is 14.2. The third-order valence-electron chi connectivity index (χ3n) is 2.70. The van der Waals surface area contributed by atoms with Crippen LogP contribution >= 0.6 is 0 Å². The van der Waals surface area contributed by atoms with E-state index in [2.05, 4.69) is 20.4 Å². The highest BCUT2D eigenvalue weighted by molar-refractivity contribution is 5.80. The van der Waals surface area contributed by atoms with Crippen LogP contribution in [0, 0.1) is 0 Å². The molecule has 0 amide bonds. The van der Waals surface area contributed by atoms with Crippen molar-refractivity contribution in [2.24, 2.45) is 4.99 Å². The van der Waals surface area contributed by atoms with Gasteiger partial charge >= 0.3 is 6.61 Å². The number of guanidine groups is 1. The molecule has 0 saturated carbocycles. The van der Waals surface area contributed by atoms with Gasteiger partial charge in [0.05, 0.1) is 13.7 Å². The first-order valence-electron chi connectivity index (χ1n) is 7.43. The van der Waals surface area contributed by atoms with E-state index in [1.807, 2.05) is 27.7 Å². The van der Waals surface area contributed by atoms with Crippen molar-refractivity contribution >= 4 is 5.96 Å². The van der Waals surface area contributed by atoms with E-state index in [0.717, 1.165) is 12.1 Å². The van der Waals surface area contributed by atoms with Gasteiger partial charge in [0.1, 0.15) is 0 Å². The van der Waals surface area contributed by atoms with Crippen LogP contribution in [-0.4, -0.2) is 31.8 Å². The third-order valence-corrected chi connectivity index (χ3v) is 2.70. The number of aliphatic imine (C=N–C) groups is 1. The maximum Gasteiger partial charge on any atom is 0.387 e. The number of ether oxygens (including phenoxy) is 2. The van der Waals surface area contributed by atoms with E-state index in [1.54, 1.807) is 12.1 Å². The van der Waals surface area contributed by atoms with Gasteiger partial charge in [-0.2, -0.15) is 8.78 Å². The van der Waals surface area contributed by atoms with Gasteiger partial charge in [0.15, 0.2) is 17.5 Å². The molecular formula is C16H25F2N3O2. The predicted molar refractivity (Wildman–Crippen MR) is 87.3 cm³/mol. The minimum Gasteiger partial charge on any atom is -0.493 e. The van der Waals surface area contributed by atoms with Gasteiger partial charge < -0.3 is 20.1 Å². The molecule has 0 aliphatic heterocycles. The van der Waals surface area contributed by atoms with Crippen molar-refractivity contribution in [2.45, 2.75) is 46.4 Å². The van der Waals surface area contributed by atoms with E-state index in [1.165, 1.54) is 13.2 Å². The number of methoxy groups -OCH3 is 1. The summed E-state index contributed by atoms with van der Waals surface area (Å²) in [6.45, 7) is 6.22. The van der Waals surface area contributed by atoms with E-state index >= 15 is 0 Å². The first-order chi connectivity index (χ1) is 10.7. The monoisotopic (exact) mass is 329 g/mol. The second-order valence-corrected chi connectivity index (χ2v) is 5.93. The van der Waals surface area contributed by atoms with Gasteiger partial charge in [-0.15, -0.1) is 0 Å². The Morgan fingerprint density at radius 1 is 1.26 bits per heavy atom. The van der Waals surface area contributed by atoms with Gasteiger partial charge in [-0.05, 0) is 45.4 Å². The zero-order chi connectivity index (χ0) is 17.5. The van der Waals surface area contributed by atoms with Crippen molar-refractivity contribution in [3.63, 3.8) is 0 Å². The summed E-state index contributed by atoms with van der Waals surface area (Å²) in [5.41, 5.74) is 0.609. The largest absolute Gasteiger partial charge is 0.493 e. The van der Waals surface area contributed by atoms with Crippen molar-refractivity contribution in [2.75, 3.05) is 13.7 Å². The van der Waals surface area contributed by atoms with Crippen LogP contribution in [0.25, 0.3) is 0 Å². The quantitative estimate of drug-likeness (QED) is 0.622. The van der Waals surface area contributed by atoms with Crippen LogP contribution in [-0.2, 0) is 6.54 Å². The normalized spacial score (nSPS) is 12.3. The smallest absolute Gasteiger partial charge is 0.387 e. The van der Waals surface area contributed by atoms with Gasteiger partial charge in [0.2, 0.25) is 0 Å². The summed E-state index contributed by atoms with van der Waals surface area (Å²) in [5.74, 6) is 0.925. The number of alkyl halides is 2. The van der Waals surface area contributed by atoms with Gasteiger partial charge in [-0.3, -0.25) is 0 Å². The fourth-order valence-corrected chi connectivity index (χ4v) is 1.84. The Morgan fingerprint density at radius 3 is 2.48 bits per heavy atom. The lowest BCUT2D eigenvalue weighted by Gasteiger charge is -2.23. The molecule has 0 aromatic heterocycles. The molecule has 130 valence electrons. The van der Waals surface area contributed by atoms with E-state index in [-0.39, 0.29) is 17.0 Å². The minimum absolute atomic E-state index is 0.00369. The number of hydrogen-bond donors (Lipinski definition) is 2. The number of nitrogens with zero attached hydrogens (tertiary/aromatic N) is 1. The molecule has 7 heteroatoms. The summed E-state index contributed by atoms with van der Waals surface area (Å²) in [6, 6.07) is 4.86. The Kier molecular flexibility index (Phi) is 7.06. The highest BCUT2D eigenvalue weighted by Gasteiger charge is 2.13. The van der Waals surface area contributed by atoms with Gasteiger partial charge in [0, 0.05) is 12.1 Å². The third kappa shape index (κ3) is 7.17. The van der Waals surface area contributed by atoms with Crippen LogP contribution in [0.2, 0.25) is 0 Å². The number of halogens is 2. The Hall–Kier alpha value is -2.05. The molecular weight excluding hydrogens is 304 g/mol. The van der Waals surface area contributed by atoms with Crippen LogP contribution in [0.5, 0.6) is 11.5 Å². The maximum atomic E-state index is 12.4. The van der Waals surface area contributed by atoms with E-state index in [4.69, 9.17) is 4.74 Å². The summed E-state index contributed by atoms with van der Waals surface area (Å²) in [7, 11) is 1.40. The molecule has 0 fully saturated rings. The van der Waals surface area contributed by atoms with Gasteiger partial charge in [0.25, 0.3) is 0 Å². The first kappa shape index (κ1) is 19.0. The molecule has 2 N–H and O–H groups in total. The lowest BCUT2D eigenvalue weighted by Crippen LogP contribution is -2.47. The minimum atomic E-state index is -2.90. The van der Waals surface area contributed by atoms with Crippen molar-refractivity contribution in [1.29, 1.82) is 0 Å². The number of hydrogen-bond acceptors (Lipinski definition) is 3. The number of rotatable bonds is 6. The van der Waals surface area contributed by atoms with Crippen LogP contribution < -0.4 is 20.1 Å². The molecule has 23 heavy (non-hydrogen) atoms. The van der Waals surface area contributed by atoms with E-state index < -0.39 is 6.61 Å². The highest BCUT2D eigenvalue weighted by Crippen LogP contribution is 2.29. The molecule has 0 radical (unpaired) electrons. The zero-order valence-corrected chi connectivity index (χ0v) is 14.2. The molecule has 0 bridgehead atoms. The first-order valence-corrected chi connectivity index (χ1v) is 7.43. The number of benzene rings is 1. The van der Waals surface area contributed by atoms with Crippen molar-refractivity contribution in [3.8, 4) is 11.5 Å². The lowest BCUT2D eigenvalue weighted by atomic mass is 10.1. The molecule has 1 rings (SSSR count). The second-order valence-electron chi connectivity index (χ2n) is 5.93. The molecule has 0 saturated heterocycles. The molecule has 0 aliphatic rings. The topological polar surface area (TPSA) is 54.9 Å². The fraction of sp³-hybridized carbons (Fsp3) is 0.562. The number of nitrogens with one attached hydrogen (secondary N) is 2. The van der Waals surface area contributed by atoms with Crippen molar-refractivity contribution in [1.82, 2.24) is 10.6 Å².